The van der Waals surface area contributed by atoms with Gasteiger partial charge in [0.2, 0.25) is 0 Å². The highest BCUT2D eigenvalue weighted by Crippen LogP contribution is 2.32. The Labute approximate surface area is 191 Å². The summed E-state index contributed by atoms with van der Waals surface area (Å²) in [5.74, 6) is 3.44. The van der Waals surface area contributed by atoms with Crippen LogP contribution in [0.3, 0.4) is 0 Å². The molecule has 4 aromatic rings. The number of para-hydroxylation sites is 1. The normalized spacial score (nSPS) is 13.7. The average Bonchev–Trinajstić information content (AvgIpc) is 3.30. The number of H-pyrrole nitrogens is 1. The zero-order valence-corrected chi connectivity index (χ0v) is 18.8. The van der Waals surface area contributed by atoms with Crippen LogP contribution in [0.5, 0.6) is 16.7 Å². The maximum Gasteiger partial charge on any atom is 0.279 e. The van der Waals surface area contributed by atoms with Gasteiger partial charge in [-0.3, -0.25) is 10.00 Å². The fourth-order valence-corrected chi connectivity index (χ4v) is 4.51. The molecule has 1 aliphatic carbocycles. The second-order valence-electron chi connectivity index (χ2n) is 8.15. The van der Waals surface area contributed by atoms with Gasteiger partial charge in [-0.1, -0.05) is 23.5 Å². The van der Waals surface area contributed by atoms with Gasteiger partial charge in [-0.05, 0) is 68.1 Å². The molecule has 5 rings (SSSR count). The fraction of sp³-hybridized carbons (Fsp3) is 0.375. The van der Waals surface area contributed by atoms with Gasteiger partial charge in [0.1, 0.15) is 30.3 Å². The Bertz CT molecular complexity index is 1080. The third-order valence-electron chi connectivity index (χ3n) is 5.55. The van der Waals surface area contributed by atoms with Crippen molar-refractivity contribution in [2.45, 2.75) is 25.7 Å². The third-order valence-corrected chi connectivity index (χ3v) is 6.46. The smallest absolute Gasteiger partial charge is 0.279 e. The number of ether oxygens (including phenoxy) is 2. The molecule has 0 aliphatic heterocycles. The van der Waals surface area contributed by atoms with Gasteiger partial charge >= 0.3 is 0 Å². The van der Waals surface area contributed by atoms with Crippen LogP contribution in [-0.2, 0) is 6.42 Å². The number of hydrogen-bond donors (Lipinski definition) is 1. The lowest BCUT2D eigenvalue weighted by Gasteiger charge is -2.22. The highest BCUT2D eigenvalue weighted by atomic mass is 32.1. The molecule has 0 amide bonds. The molecule has 0 radical (unpaired) electrons. The number of aromatic nitrogens is 4. The summed E-state index contributed by atoms with van der Waals surface area (Å²) in [5.41, 5.74) is 0.962. The van der Waals surface area contributed by atoms with Crippen LogP contribution in [0.25, 0.3) is 10.2 Å². The molecule has 0 unspecified atom stereocenters. The molecule has 8 heteroatoms. The molecule has 1 saturated carbocycles. The van der Waals surface area contributed by atoms with Crippen molar-refractivity contribution in [2.75, 3.05) is 26.2 Å². The highest BCUT2D eigenvalue weighted by molar-refractivity contribution is 7.20. The van der Waals surface area contributed by atoms with Crippen LogP contribution in [0.15, 0.2) is 54.9 Å². The average molecular weight is 450 g/mol. The lowest BCUT2D eigenvalue weighted by atomic mass is 10.2. The second kappa shape index (κ2) is 10.1. The van der Waals surface area contributed by atoms with Crippen LogP contribution in [0.2, 0.25) is 0 Å². The van der Waals surface area contributed by atoms with Crippen LogP contribution in [0, 0.1) is 5.92 Å². The molecule has 7 nitrogen and oxygen atoms in total. The molecule has 1 aliphatic rings. The van der Waals surface area contributed by atoms with Crippen molar-refractivity contribution in [3.05, 3.63) is 60.7 Å². The Morgan fingerprint density at radius 2 is 1.88 bits per heavy atom. The standard InChI is InChI=1S/C24H27N5O2S/c1-2-5-22-21(4-1)27-24(32-22)31-20-11-9-19(10-12-20)30-15-14-29(16-18-7-8-18)13-3-6-23-25-17-26-28-23/h1-2,4-5,9-12,17-18H,3,6-8,13-16H2,(H,25,26,28). The number of aromatic amines is 1. The summed E-state index contributed by atoms with van der Waals surface area (Å²) in [6.45, 7) is 3.81. The minimum absolute atomic E-state index is 0.654. The predicted octanol–water partition coefficient (Wildman–Crippen LogP) is 4.93. The zero-order valence-electron chi connectivity index (χ0n) is 17.9. The molecule has 0 bridgehead atoms. The van der Waals surface area contributed by atoms with Crippen molar-refractivity contribution in [3.8, 4) is 16.7 Å². The largest absolute Gasteiger partial charge is 0.492 e. The lowest BCUT2D eigenvalue weighted by molar-refractivity contribution is 0.201. The van der Waals surface area contributed by atoms with E-state index in [1.165, 1.54) is 12.8 Å². The van der Waals surface area contributed by atoms with Gasteiger partial charge in [0.15, 0.2) is 0 Å². The number of hydrogen-bond acceptors (Lipinski definition) is 7. The Morgan fingerprint density at radius 3 is 2.66 bits per heavy atom. The van der Waals surface area contributed by atoms with Crippen LogP contribution < -0.4 is 9.47 Å². The number of nitrogens with one attached hydrogen (secondary N) is 1. The van der Waals surface area contributed by atoms with E-state index in [2.05, 4.69) is 31.1 Å². The summed E-state index contributed by atoms with van der Waals surface area (Å²) >= 11 is 1.55. The van der Waals surface area contributed by atoms with E-state index >= 15 is 0 Å². The molecule has 0 spiro atoms. The van der Waals surface area contributed by atoms with Gasteiger partial charge in [0.05, 0.1) is 10.2 Å². The molecule has 0 atom stereocenters. The molecule has 32 heavy (non-hydrogen) atoms. The SMILES string of the molecule is c1ccc2sc(Oc3ccc(OCCN(CCCc4ncn[nH]4)CC4CC4)cc3)nc2c1. The topological polar surface area (TPSA) is 76.2 Å². The van der Waals surface area contributed by atoms with Crippen molar-refractivity contribution in [1.82, 2.24) is 25.1 Å². The first kappa shape index (κ1) is 20.9. The van der Waals surface area contributed by atoms with E-state index in [1.807, 2.05) is 42.5 Å². The summed E-state index contributed by atoms with van der Waals surface area (Å²) < 4.78 is 13.0. The predicted molar refractivity (Wildman–Crippen MR) is 125 cm³/mol. The van der Waals surface area contributed by atoms with Gasteiger partial charge in [0, 0.05) is 19.5 Å². The summed E-state index contributed by atoms with van der Waals surface area (Å²) in [6.07, 6.45) is 6.28. The Morgan fingerprint density at radius 1 is 1.03 bits per heavy atom. The van der Waals surface area contributed by atoms with Crippen LogP contribution in [0.1, 0.15) is 25.1 Å². The quantitative estimate of drug-likeness (QED) is 0.330. The molecule has 1 fully saturated rings. The van der Waals surface area contributed by atoms with Gasteiger partial charge in [-0.15, -0.1) is 0 Å². The van der Waals surface area contributed by atoms with Crippen molar-refractivity contribution < 1.29 is 9.47 Å². The zero-order chi connectivity index (χ0) is 21.6. The summed E-state index contributed by atoms with van der Waals surface area (Å²) in [7, 11) is 0. The Balaban J connectivity index is 1.08. The number of aryl methyl sites for hydroxylation is 1. The number of fused-ring (bicyclic) bond motifs is 1. The summed E-state index contributed by atoms with van der Waals surface area (Å²) in [5, 5.41) is 7.51. The molecule has 0 saturated heterocycles. The third kappa shape index (κ3) is 5.83. The maximum atomic E-state index is 6.01. The Kier molecular flexibility index (Phi) is 6.60. The molecular formula is C24H27N5O2S. The van der Waals surface area contributed by atoms with E-state index in [0.29, 0.717) is 11.8 Å². The molecule has 2 heterocycles. The van der Waals surface area contributed by atoms with Crippen LogP contribution in [0.4, 0.5) is 0 Å². The van der Waals surface area contributed by atoms with Gasteiger partial charge in [-0.25, -0.2) is 9.97 Å². The Hall–Kier alpha value is -2.97. The van der Waals surface area contributed by atoms with Crippen LogP contribution in [-0.4, -0.2) is 51.3 Å². The fourth-order valence-electron chi connectivity index (χ4n) is 3.67. The number of benzene rings is 2. The van der Waals surface area contributed by atoms with Crippen LogP contribution >= 0.6 is 11.3 Å². The minimum Gasteiger partial charge on any atom is -0.492 e. The second-order valence-corrected chi connectivity index (χ2v) is 9.14. The molecular weight excluding hydrogens is 422 g/mol. The van der Waals surface area contributed by atoms with E-state index in [-0.39, 0.29) is 0 Å². The van der Waals surface area contributed by atoms with Crippen molar-refractivity contribution in [3.63, 3.8) is 0 Å². The minimum atomic E-state index is 0.654. The number of nitrogens with zero attached hydrogens (tertiary/aromatic N) is 4. The first-order valence-corrected chi connectivity index (χ1v) is 12.0. The number of rotatable bonds is 12. The molecule has 2 aromatic carbocycles. The first-order valence-electron chi connectivity index (χ1n) is 11.1. The van der Waals surface area contributed by atoms with E-state index < -0.39 is 0 Å². The lowest BCUT2D eigenvalue weighted by Crippen LogP contribution is -2.31. The van der Waals surface area contributed by atoms with Crippen molar-refractivity contribution in [2.24, 2.45) is 5.92 Å². The van der Waals surface area contributed by atoms with Gasteiger partial charge in [-0.2, -0.15) is 5.10 Å². The van der Waals surface area contributed by atoms with Crippen molar-refractivity contribution in [1.29, 1.82) is 0 Å². The van der Waals surface area contributed by atoms with E-state index in [4.69, 9.17) is 9.47 Å². The summed E-state index contributed by atoms with van der Waals surface area (Å²) in [4.78, 5) is 11.2. The highest BCUT2D eigenvalue weighted by Gasteiger charge is 2.24. The van der Waals surface area contributed by atoms with Gasteiger partial charge in [0.25, 0.3) is 5.19 Å². The first-order chi connectivity index (χ1) is 15.8. The molecule has 1 N–H and O–H groups in total. The maximum absolute atomic E-state index is 6.01. The molecule has 2 aromatic heterocycles. The van der Waals surface area contributed by atoms with E-state index in [1.54, 1.807) is 17.7 Å². The van der Waals surface area contributed by atoms with E-state index in [0.717, 1.165) is 65.9 Å². The molecule has 166 valence electrons. The monoisotopic (exact) mass is 449 g/mol. The van der Waals surface area contributed by atoms with Gasteiger partial charge < -0.3 is 9.47 Å². The van der Waals surface area contributed by atoms with E-state index in [9.17, 15) is 0 Å². The number of thiazole rings is 1. The van der Waals surface area contributed by atoms with Crippen molar-refractivity contribution >= 4 is 21.6 Å². The summed E-state index contributed by atoms with van der Waals surface area (Å²) in [6, 6.07) is 15.8.